The molecule has 5 heteroatoms. The summed E-state index contributed by atoms with van der Waals surface area (Å²) in [6, 6.07) is 4.25. The summed E-state index contributed by atoms with van der Waals surface area (Å²) in [6.07, 6.45) is 1.17. The van der Waals surface area contributed by atoms with Crippen LogP contribution in [-0.4, -0.2) is 16.4 Å². The van der Waals surface area contributed by atoms with E-state index in [0.717, 1.165) is 5.69 Å². The molecule has 0 bridgehead atoms. The van der Waals surface area contributed by atoms with Crippen molar-refractivity contribution in [3.05, 3.63) is 12.1 Å². The fraction of sp³-hybridized carbons (Fsp3) is 0.455. The second-order valence-corrected chi connectivity index (χ2v) is 5.05. The summed E-state index contributed by atoms with van der Waals surface area (Å²) in [4.78, 5) is 0. The first-order valence-corrected chi connectivity index (χ1v) is 5.35. The van der Waals surface area contributed by atoms with Gasteiger partial charge in [-0.05, 0) is 34.3 Å². The fourth-order valence-electron chi connectivity index (χ4n) is 1.90. The van der Waals surface area contributed by atoms with E-state index in [-0.39, 0.29) is 0 Å². The number of hydrogen-bond donors (Lipinski definition) is 2. The third-order valence-electron chi connectivity index (χ3n) is 3.29. The average molecular weight is 218 g/mol. The molecular weight excluding hydrogens is 204 g/mol. The van der Waals surface area contributed by atoms with Gasteiger partial charge < -0.3 is 11.1 Å². The van der Waals surface area contributed by atoms with Gasteiger partial charge in [-0.15, -0.1) is 0 Å². The van der Waals surface area contributed by atoms with E-state index < -0.39 is 0 Å². The van der Waals surface area contributed by atoms with Crippen LogP contribution in [0.5, 0.6) is 0 Å². The molecule has 1 fully saturated rings. The minimum Gasteiger partial charge on any atom is -0.397 e. The molecule has 1 aromatic carbocycles. The van der Waals surface area contributed by atoms with Crippen LogP contribution in [0.1, 0.15) is 20.3 Å². The van der Waals surface area contributed by atoms with Gasteiger partial charge in [0.25, 0.3) is 0 Å². The summed E-state index contributed by atoms with van der Waals surface area (Å²) in [5.74, 6) is 0. The number of hydrogen-bond acceptors (Lipinski definition) is 5. The molecule has 1 aliphatic rings. The summed E-state index contributed by atoms with van der Waals surface area (Å²) in [6.45, 7) is 4.47. The van der Waals surface area contributed by atoms with Gasteiger partial charge in [0.2, 0.25) is 0 Å². The second-order valence-electron chi connectivity index (χ2n) is 5.05. The molecule has 1 aliphatic carbocycles. The van der Waals surface area contributed by atoms with Gasteiger partial charge in [0.05, 0.1) is 11.4 Å². The first kappa shape index (κ1) is 9.45. The van der Waals surface area contributed by atoms with Crippen LogP contribution < -0.4 is 11.1 Å². The predicted octanol–water partition coefficient (Wildman–Crippen LogP) is 2.02. The molecule has 5 nitrogen and oxygen atoms in total. The van der Waals surface area contributed by atoms with Gasteiger partial charge in [0, 0.05) is 6.04 Å². The quantitative estimate of drug-likeness (QED) is 0.754. The fourth-order valence-corrected chi connectivity index (χ4v) is 1.90. The zero-order valence-corrected chi connectivity index (χ0v) is 9.32. The molecule has 3 N–H and O–H groups in total. The van der Waals surface area contributed by atoms with Crippen LogP contribution >= 0.6 is 0 Å². The van der Waals surface area contributed by atoms with Crippen LogP contribution in [0.4, 0.5) is 11.4 Å². The summed E-state index contributed by atoms with van der Waals surface area (Å²) in [7, 11) is 0. The third-order valence-corrected chi connectivity index (χ3v) is 3.29. The molecule has 16 heavy (non-hydrogen) atoms. The van der Waals surface area contributed by atoms with Crippen molar-refractivity contribution in [2.45, 2.75) is 26.3 Å². The number of aromatic nitrogens is 2. The van der Waals surface area contributed by atoms with Gasteiger partial charge >= 0.3 is 0 Å². The molecule has 1 aromatic heterocycles. The Morgan fingerprint density at radius 1 is 1.38 bits per heavy atom. The summed E-state index contributed by atoms with van der Waals surface area (Å²) in [5, 5.41) is 11.1. The number of nitrogens with zero attached hydrogens (tertiary/aromatic N) is 2. The Morgan fingerprint density at radius 3 is 2.75 bits per heavy atom. The lowest BCUT2D eigenvalue weighted by Gasteiger charge is -2.08. The Hall–Kier alpha value is -1.78. The lowest BCUT2D eigenvalue weighted by atomic mass is 10.2. The van der Waals surface area contributed by atoms with Crippen molar-refractivity contribution in [1.82, 2.24) is 10.3 Å². The lowest BCUT2D eigenvalue weighted by molar-refractivity contribution is 0.315. The smallest absolute Gasteiger partial charge is 0.160 e. The monoisotopic (exact) mass is 218 g/mol. The topological polar surface area (TPSA) is 77.0 Å². The van der Waals surface area contributed by atoms with E-state index in [0.29, 0.717) is 28.2 Å². The number of benzene rings is 1. The van der Waals surface area contributed by atoms with Crippen LogP contribution in [0.15, 0.2) is 16.8 Å². The van der Waals surface area contributed by atoms with E-state index in [1.807, 2.05) is 12.1 Å². The first-order chi connectivity index (χ1) is 7.58. The van der Waals surface area contributed by atoms with Crippen molar-refractivity contribution < 1.29 is 4.63 Å². The van der Waals surface area contributed by atoms with Crippen LogP contribution in [0, 0.1) is 5.41 Å². The van der Waals surface area contributed by atoms with Crippen molar-refractivity contribution >= 4 is 22.4 Å². The Bertz CT molecular complexity index is 546. The highest BCUT2D eigenvalue weighted by Crippen LogP contribution is 2.47. The number of fused-ring (bicyclic) bond motifs is 1. The van der Waals surface area contributed by atoms with Crippen molar-refractivity contribution in [2.24, 2.45) is 5.41 Å². The Balaban J connectivity index is 1.98. The van der Waals surface area contributed by atoms with Gasteiger partial charge in [-0.25, -0.2) is 4.63 Å². The molecule has 3 rings (SSSR count). The number of rotatable bonds is 2. The van der Waals surface area contributed by atoms with Gasteiger partial charge in [-0.2, -0.15) is 0 Å². The van der Waals surface area contributed by atoms with Crippen LogP contribution in [-0.2, 0) is 0 Å². The first-order valence-electron chi connectivity index (χ1n) is 5.35. The Labute approximate surface area is 93.0 Å². The number of anilines is 2. The average Bonchev–Trinajstić information content (AvgIpc) is 2.69. The standard InChI is InChI=1S/C11H14N4O/c1-11(2)5-8(11)13-7-4-3-6(12)9-10(7)15-16-14-9/h3-4,8,13H,5,12H2,1-2H3. The van der Waals surface area contributed by atoms with E-state index in [1.54, 1.807) is 0 Å². The molecule has 84 valence electrons. The molecule has 0 amide bonds. The van der Waals surface area contributed by atoms with Crippen molar-refractivity contribution in [3.8, 4) is 0 Å². The van der Waals surface area contributed by atoms with E-state index in [2.05, 4.69) is 29.5 Å². The van der Waals surface area contributed by atoms with Gasteiger partial charge in [0.1, 0.15) is 0 Å². The van der Waals surface area contributed by atoms with E-state index in [4.69, 9.17) is 10.4 Å². The predicted molar refractivity (Wildman–Crippen MR) is 62.0 cm³/mol. The van der Waals surface area contributed by atoms with Crippen LogP contribution in [0.25, 0.3) is 11.0 Å². The molecule has 2 aromatic rings. The minimum absolute atomic E-state index is 0.366. The summed E-state index contributed by atoms with van der Waals surface area (Å²) < 4.78 is 4.72. The van der Waals surface area contributed by atoms with Crippen molar-refractivity contribution in [1.29, 1.82) is 0 Å². The SMILES string of the molecule is CC1(C)CC1Nc1ccc(N)c2nonc12. The largest absolute Gasteiger partial charge is 0.397 e. The van der Waals surface area contributed by atoms with E-state index in [1.165, 1.54) is 6.42 Å². The molecule has 0 radical (unpaired) electrons. The maximum absolute atomic E-state index is 5.78. The summed E-state index contributed by atoms with van der Waals surface area (Å²) in [5.41, 5.74) is 9.02. The van der Waals surface area contributed by atoms with Gasteiger partial charge in [-0.3, -0.25) is 0 Å². The molecule has 1 heterocycles. The molecule has 1 unspecified atom stereocenters. The minimum atomic E-state index is 0.366. The maximum Gasteiger partial charge on any atom is 0.160 e. The Morgan fingerprint density at radius 2 is 2.06 bits per heavy atom. The molecule has 0 saturated heterocycles. The zero-order chi connectivity index (χ0) is 11.3. The number of nitrogens with two attached hydrogens (primary N) is 1. The lowest BCUT2D eigenvalue weighted by Crippen LogP contribution is -2.08. The van der Waals surface area contributed by atoms with Crippen LogP contribution in [0.2, 0.25) is 0 Å². The zero-order valence-electron chi connectivity index (χ0n) is 9.32. The second kappa shape index (κ2) is 2.87. The highest BCUT2D eigenvalue weighted by molar-refractivity contribution is 5.95. The van der Waals surface area contributed by atoms with E-state index in [9.17, 15) is 0 Å². The highest BCUT2D eigenvalue weighted by atomic mass is 16.6. The number of nitrogen functional groups attached to an aromatic ring is 1. The highest BCUT2D eigenvalue weighted by Gasteiger charge is 2.45. The summed E-state index contributed by atoms with van der Waals surface area (Å²) >= 11 is 0. The van der Waals surface area contributed by atoms with Gasteiger partial charge in [0.15, 0.2) is 11.0 Å². The maximum atomic E-state index is 5.78. The van der Waals surface area contributed by atoms with E-state index >= 15 is 0 Å². The molecular formula is C11H14N4O. The molecule has 0 spiro atoms. The number of nitrogens with one attached hydrogen (secondary N) is 1. The molecule has 1 saturated carbocycles. The van der Waals surface area contributed by atoms with Crippen molar-refractivity contribution in [2.75, 3.05) is 11.1 Å². The third kappa shape index (κ3) is 1.31. The molecule has 0 aliphatic heterocycles. The molecule has 1 atom stereocenters. The van der Waals surface area contributed by atoms with Crippen molar-refractivity contribution in [3.63, 3.8) is 0 Å². The van der Waals surface area contributed by atoms with Gasteiger partial charge in [-0.1, -0.05) is 13.8 Å². The normalized spacial score (nSPS) is 22.2. The van der Waals surface area contributed by atoms with Crippen LogP contribution in [0.3, 0.4) is 0 Å². The Kier molecular flexibility index (Phi) is 1.70.